The average Bonchev–Trinajstić information content (AvgIpc) is 2.53. The molecule has 0 saturated carbocycles. The van der Waals surface area contributed by atoms with E-state index >= 15 is 0 Å². The van der Waals surface area contributed by atoms with Gasteiger partial charge in [0.25, 0.3) is 0 Å². The number of carbonyl (C=O) groups is 2. The number of ether oxygens (including phenoxy) is 1. The zero-order chi connectivity index (χ0) is 15.9. The molecule has 2 rings (SSSR count). The predicted octanol–water partition coefficient (Wildman–Crippen LogP) is 0.822. The summed E-state index contributed by atoms with van der Waals surface area (Å²) in [7, 11) is 0. The van der Waals surface area contributed by atoms with Gasteiger partial charge in [-0.25, -0.2) is 0 Å². The molecule has 5 nitrogen and oxygen atoms in total. The number of carboxylic acids is 1. The van der Waals surface area contributed by atoms with Gasteiger partial charge in [-0.15, -0.1) is 0 Å². The Balaban J connectivity index is 1.76. The zero-order valence-corrected chi connectivity index (χ0v) is 12.6. The summed E-state index contributed by atoms with van der Waals surface area (Å²) in [6, 6.07) is 7.64. The van der Waals surface area contributed by atoms with Gasteiger partial charge < -0.3 is 20.0 Å². The number of aliphatic carboxylic acids is 1. The van der Waals surface area contributed by atoms with Gasteiger partial charge in [-0.05, 0) is 31.9 Å². The fraction of sp³-hybridized carbons (Fsp3) is 0.412. The van der Waals surface area contributed by atoms with E-state index in [0.29, 0.717) is 26.0 Å². The lowest BCUT2D eigenvalue weighted by atomic mass is 9.82. The van der Waals surface area contributed by atoms with Crippen LogP contribution in [0.15, 0.2) is 36.4 Å². The molecule has 0 heterocycles. The molecule has 0 unspecified atom stereocenters. The van der Waals surface area contributed by atoms with Crippen LogP contribution in [0.1, 0.15) is 18.4 Å². The topological polar surface area (TPSA) is 78.5 Å². The second-order valence-electron chi connectivity index (χ2n) is 5.43. The monoisotopic (exact) mass is 302 g/mol. The third-order valence-electron chi connectivity index (χ3n) is 3.76. The Morgan fingerprint density at radius 3 is 2.45 bits per heavy atom. The molecule has 1 aromatic rings. The van der Waals surface area contributed by atoms with Crippen LogP contribution in [0.5, 0.6) is 5.75 Å². The van der Waals surface area contributed by atoms with Crippen LogP contribution < -0.4 is 15.2 Å². The molecule has 0 aromatic heterocycles. The van der Waals surface area contributed by atoms with Gasteiger partial charge >= 0.3 is 0 Å². The van der Waals surface area contributed by atoms with Crippen molar-refractivity contribution in [3.63, 3.8) is 0 Å². The van der Waals surface area contributed by atoms with Crippen molar-refractivity contribution in [1.29, 1.82) is 0 Å². The normalized spacial score (nSPS) is 20.4. The van der Waals surface area contributed by atoms with E-state index in [9.17, 15) is 14.7 Å². The first-order chi connectivity index (χ1) is 10.6. The number of hydrogen-bond donors (Lipinski definition) is 1. The number of benzene rings is 1. The molecular formula is C17H20NO4-. The molecule has 118 valence electrons. The number of carboxylic acid groups (broad SMARTS) is 1. The smallest absolute Gasteiger partial charge is 0.224 e. The lowest BCUT2D eigenvalue weighted by Crippen LogP contribution is -2.44. The van der Waals surface area contributed by atoms with Gasteiger partial charge in [0.1, 0.15) is 12.4 Å². The van der Waals surface area contributed by atoms with Crippen LogP contribution in [0, 0.1) is 18.8 Å². The number of rotatable bonds is 6. The number of carbonyl (C=O) groups excluding carboxylic acids is 2. The van der Waals surface area contributed by atoms with Crippen molar-refractivity contribution in [2.45, 2.75) is 19.8 Å². The standard InChI is InChI=1S/C17H21NO4/c1-12-6-8-13(9-7-12)22-11-10-18-16(19)14-4-2-3-5-15(14)17(20)21/h2-3,6-9,14-15H,4-5,10-11H2,1H3,(H,18,19)(H,20,21)/p-1/t14-,15+/m0/s1. The van der Waals surface area contributed by atoms with Crippen molar-refractivity contribution in [1.82, 2.24) is 5.32 Å². The van der Waals surface area contributed by atoms with Crippen LogP contribution in [0.4, 0.5) is 0 Å². The summed E-state index contributed by atoms with van der Waals surface area (Å²) < 4.78 is 5.52. The lowest BCUT2D eigenvalue weighted by Gasteiger charge is -2.28. The van der Waals surface area contributed by atoms with Crippen LogP contribution in [0.2, 0.25) is 0 Å². The molecule has 0 spiro atoms. The predicted molar refractivity (Wildman–Crippen MR) is 80.0 cm³/mol. The second kappa shape index (κ2) is 7.64. The summed E-state index contributed by atoms with van der Waals surface area (Å²) in [5.41, 5.74) is 1.15. The molecular weight excluding hydrogens is 282 g/mol. The zero-order valence-electron chi connectivity index (χ0n) is 12.6. The number of nitrogens with one attached hydrogen (secondary N) is 1. The molecule has 0 saturated heterocycles. The van der Waals surface area contributed by atoms with E-state index in [1.165, 1.54) is 0 Å². The van der Waals surface area contributed by atoms with Crippen LogP contribution in [-0.4, -0.2) is 25.0 Å². The number of aryl methyl sites for hydroxylation is 1. The minimum atomic E-state index is -1.17. The molecule has 1 aliphatic rings. The third kappa shape index (κ3) is 4.35. The van der Waals surface area contributed by atoms with Crippen LogP contribution in [0.25, 0.3) is 0 Å². The van der Waals surface area contributed by atoms with Crippen molar-refractivity contribution >= 4 is 11.9 Å². The molecule has 1 N–H and O–H groups in total. The fourth-order valence-electron chi connectivity index (χ4n) is 2.47. The molecule has 0 radical (unpaired) electrons. The summed E-state index contributed by atoms with van der Waals surface area (Å²) in [6.07, 6.45) is 4.40. The summed E-state index contributed by atoms with van der Waals surface area (Å²) in [6.45, 7) is 2.68. The summed E-state index contributed by atoms with van der Waals surface area (Å²) >= 11 is 0. The molecule has 22 heavy (non-hydrogen) atoms. The van der Waals surface area contributed by atoms with Crippen molar-refractivity contribution in [2.24, 2.45) is 11.8 Å². The molecule has 5 heteroatoms. The van der Waals surface area contributed by atoms with Crippen molar-refractivity contribution in [3.8, 4) is 5.75 Å². The van der Waals surface area contributed by atoms with Crippen molar-refractivity contribution in [3.05, 3.63) is 42.0 Å². The highest BCUT2D eigenvalue weighted by molar-refractivity contribution is 5.84. The first-order valence-electron chi connectivity index (χ1n) is 7.41. The number of allylic oxidation sites excluding steroid dienone is 2. The van der Waals surface area contributed by atoms with Crippen molar-refractivity contribution in [2.75, 3.05) is 13.2 Å². The molecule has 0 bridgehead atoms. The Morgan fingerprint density at radius 2 is 1.82 bits per heavy atom. The van der Waals surface area contributed by atoms with Gasteiger partial charge in [0.2, 0.25) is 5.91 Å². The molecule has 2 atom stereocenters. The molecule has 1 aliphatic carbocycles. The number of amides is 1. The highest BCUT2D eigenvalue weighted by Crippen LogP contribution is 2.25. The molecule has 0 aliphatic heterocycles. The quantitative estimate of drug-likeness (QED) is 0.623. The Morgan fingerprint density at radius 1 is 1.18 bits per heavy atom. The number of hydrogen-bond acceptors (Lipinski definition) is 4. The third-order valence-corrected chi connectivity index (χ3v) is 3.76. The van der Waals surface area contributed by atoms with E-state index in [-0.39, 0.29) is 5.91 Å². The molecule has 0 fully saturated rings. The Labute approximate surface area is 130 Å². The Bertz CT molecular complexity index is 550. The minimum Gasteiger partial charge on any atom is -0.550 e. The highest BCUT2D eigenvalue weighted by Gasteiger charge is 2.29. The SMILES string of the molecule is Cc1ccc(OCCNC(=O)[C@H]2CC=CC[C@H]2C(=O)[O-])cc1. The van der Waals surface area contributed by atoms with E-state index in [0.717, 1.165) is 11.3 Å². The van der Waals surface area contributed by atoms with Gasteiger partial charge in [0, 0.05) is 17.8 Å². The van der Waals surface area contributed by atoms with Gasteiger partial charge in [-0.3, -0.25) is 4.79 Å². The lowest BCUT2D eigenvalue weighted by molar-refractivity contribution is -0.313. The maximum Gasteiger partial charge on any atom is 0.224 e. The molecule has 1 amide bonds. The van der Waals surface area contributed by atoms with Gasteiger partial charge in [0.05, 0.1) is 6.54 Å². The van der Waals surface area contributed by atoms with E-state index < -0.39 is 17.8 Å². The average molecular weight is 302 g/mol. The summed E-state index contributed by atoms with van der Waals surface area (Å²) in [5, 5.41) is 13.8. The van der Waals surface area contributed by atoms with E-state index in [2.05, 4.69) is 5.32 Å². The fourth-order valence-corrected chi connectivity index (χ4v) is 2.47. The van der Waals surface area contributed by atoms with Crippen LogP contribution in [0.3, 0.4) is 0 Å². The van der Waals surface area contributed by atoms with E-state index in [1.54, 1.807) is 6.08 Å². The summed E-state index contributed by atoms with van der Waals surface area (Å²) in [5.74, 6) is -1.99. The van der Waals surface area contributed by atoms with Gasteiger partial charge in [-0.1, -0.05) is 29.8 Å². The Hall–Kier alpha value is -2.30. The maximum absolute atomic E-state index is 12.1. The Kier molecular flexibility index (Phi) is 5.58. The van der Waals surface area contributed by atoms with E-state index in [1.807, 2.05) is 37.3 Å². The van der Waals surface area contributed by atoms with Crippen LogP contribution >= 0.6 is 0 Å². The van der Waals surface area contributed by atoms with Crippen molar-refractivity contribution < 1.29 is 19.4 Å². The maximum atomic E-state index is 12.1. The van der Waals surface area contributed by atoms with Gasteiger partial charge in [-0.2, -0.15) is 0 Å². The minimum absolute atomic E-state index is 0.258. The first-order valence-corrected chi connectivity index (χ1v) is 7.41. The van der Waals surface area contributed by atoms with Gasteiger partial charge in [0.15, 0.2) is 0 Å². The van der Waals surface area contributed by atoms with Crippen LogP contribution in [-0.2, 0) is 9.59 Å². The summed E-state index contributed by atoms with van der Waals surface area (Å²) in [4.78, 5) is 23.1. The molecule has 1 aromatic carbocycles. The second-order valence-corrected chi connectivity index (χ2v) is 5.43. The largest absolute Gasteiger partial charge is 0.550 e. The van der Waals surface area contributed by atoms with E-state index in [4.69, 9.17) is 4.74 Å². The highest BCUT2D eigenvalue weighted by atomic mass is 16.5. The first kappa shape index (κ1) is 16.1.